The van der Waals surface area contributed by atoms with Crippen molar-refractivity contribution >= 4 is 11.6 Å². The molecule has 0 saturated heterocycles. The van der Waals surface area contributed by atoms with Gasteiger partial charge in [-0.05, 0) is 43.9 Å². The molecule has 2 N–H and O–H groups in total. The first-order valence-electron chi connectivity index (χ1n) is 10.2. The van der Waals surface area contributed by atoms with Gasteiger partial charge in [-0.25, -0.2) is 9.97 Å². The van der Waals surface area contributed by atoms with E-state index in [4.69, 9.17) is 9.47 Å². The summed E-state index contributed by atoms with van der Waals surface area (Å²) in [5.41, 5.74) is 1.19. The third kappa shape index (κ3) is 5.75. The number of ether oxygens (including phenoxy) is 2. The Morgan fingerprint density at radius 2 is 1.64 bits per heavy atom. The fraction of sp³-hybridized carbons (Fsp3) is 0.545. The van der Waals surface area contributed by atoms with Gasteiger partial charge in [0, 0.05) is 18.7 Å². The number of hydrogen-bond donors (Lipinski definition) is 2. The van der Waals surface area contributed by atoms with Crippen LogP contribution < -0.4 is 20.1 Å². The van der Waals surface area contributed by atoms with Gasteiger partial charge in [0.1, 0.15) is 17.5 Å². The molecule has 1 fully saturated rings. The van der Waals surface area contributed by atoms with Crippen LogP contribution in [-0.4, -0.2) is 36.8 Å². The van der Waals surface area contributed by atoms with Gasteiger partial charge in [0.15, 0.2) is 11.5 Å². The van der Waals surface area contributed by atoms with E-state index in [-0.39, 0.29) is 0 Å². The molecule has 2 aromatic rings. The summed E-state index contributed by atoms with van der Waals surface area (Å²) in [6.45, 7) is 2.73. The van der Waals surface area contributed by atoms with Crippen molar-refractivity contribution in [3.63, 3.8) is 0 Å². The molecule has 1 heterocycles. The first-order valence-corrected chi connectivity index (χ1v) is 10.2. The minimum absolute atomic E-state index is 0.524. The smallest absolute Gasteiger partial charge is 0.160 e. The number of hydrogen-bond acceptors (Lipinski definition) is 6. The lowest BCUT2D eigenvalue weighted by Gasteiger charge is -2.18. The molecule has 6 heteroatoms. The molecule has 28 heavy (non-hydrogen) atoms. The van der Waals surface area contributed by atoms with Gasteiger partial charge in [-0.1, -0.05) is 31.7 Å². The largest absolute Gasteiger partial charge is 0.493 e. The van der Waals surface area contributed by atoms with Gasteiger partial charge < -0.3 is 20.1 Å². The van der Waals surface area contributed by atoms with Crippen molar-refractivity contribution in [2.75, 3.05) is 31.4 Å². The zero-order chi connectivity index (χ0) is 19.8. The predicted molar refractivity (Wildman–Crippen MR) is 114 cm³/mol. The standard InChI is InChI=1S/C22H32N4O2/c1-16-24-21(15-22(25-16)26-18-8-6-4-5-7-9-18)23-13-12-17-10-11-19(27-2)20(14-17)28-3/h10-11,14-15,18H,4-9,12-13H2,1-3H3,(H2,23,24,25,26). The molecule has 0 bridgehead atoms. The molecule has 1 aromatic carbocycles. The normalized spacial score (nSPS) is 15.0. The molecule has 1 saturated carbocycles. The van der Waals surface area contributed by atoms with E-state index in [9.17, 15) is 0 Å². The Kier molecular flexibility index (Phi) is 7.34. The molecule has 3 rings (SSSR count). The van der Waals surface area contributed by atoms with Crippen LogP contribution in [0.25, 0.3) is 0 Å². The zero-order valence-corrected chi connectivity index (χ0v) is 17.3. The SMILES string of the molecule is COc1ccc(CCNc2cc(NC3CCCCCC3)nc(C)n2)cc1OC. The molecule has 0 aliphatic heterocycles. The van der Waals surface area contributed by atoms with Crippen molar-refractivity contribution in [2.45, 2.75) is 57.9 Å². The highest BCUT2D eigenvalue weighted by molar-refractivity contribution is 5.48. The second kappa shape index (κ2) is 10.2. The number of rotatable bonds is 8. The van der Waals surface area contributed by atoms with Crippen LogP contribution >= 0.6 is 0 Å². The van der Waals surface area contributed by atoms with Gasteiger partial charge >= 0.3 is 0 Å². The van der Waals surface area contributed by atoms with Crippen molar-refractivity contribution in [3.8, 4) is 11.5 Å². The fourth-order valence-corrected chi connectivity index (χ4v) is 3.74. The van der Waals surface area contributed by atoms with Crippen LogP contribution in [-0.2, 0) is 6.42 Å². The lowest BCUT2D eigenvalue weighted by atomic mass is 10.1. The number of aryl methyl sites for hydroxylation is 1. The van der Waals surface area contributed by atoms with Gasteiger partial charge in [-0.2, -0.15) is 0 Å². The fourth-order valence-electron chi connectivity index (χ4n) is 3.74. The Labute approximate surface area is 168 Å². The summed E-state index contributed by atoms with van der Waals surface area (Å²) in [5, 5.41) is 7.04. The van der Waals surface area contributed by atoms with Crippen molar-refractivity contribution in [3.05, 3.63) is 35.7 Å². The predicted octanol–water partition coefficient (Wildman–Crippen LogP) is 4.59. The van der Waals surface area contributed by atoms with Crippen molar-refractivity contribution in [2.24, 2.45) is 0 Å². The average molecular weight is 385 g/mol. The van der Waals surface area contributed by atoms with Gasteiger partial charge in [-0.3, -0.25) is 0 Å². The van der Waals surface area contributed by atoms with Gasteiger partial charge in [0.25, 0.3) is 0 Å². The summed E-state index contributed by atoms with van der Waals surface area (Å²) >= 11 is 0. The molecule has 0 unspecified atom stereocenters. The number of methoxy groups -OCH3 is 2. The maximum atomic E-state index is 5.38. The molecule has 1 aliphatic rings. The molecule has 152 valence electrons. The van der Waals surface area contributed by atoms with Crippen LogP contribution in [0.3, 0.4) is 0 Å². The summed E-state index contributed by atoms with van der Waals surface area (Å²) in [4.78, 5) is 9.10. The van der Waals surface area contributed by atoms with Crippen molar-refractivity contribution < 1.29 is 9.47 Å². The summed E-state index contributed by atoms with van der Waals surface area (Å²) in [7, 11) is 3.31. The number of nitrogens with zero attached hydrogens (tertiary/aromatic N) is 2. The third-order valence-corrected chi connectivity index (χ3v) is 5.21. The first kappa shape index (κ1) is 20.2. The monoisotopic (exact) mass is 384 g/mol. The molecule has 0 spiro atoms. The van der Waals surface area contributed by atoms with Crippen LogP contribution in [0.2, 0.25) is 0 Å². The van der Waals surface area contributed by atoms with E-state index >= 15 is 0 Å². The van der Waals surface area contributed by atoms with Crippen LogP contribution in [0, 0.1) is 6.92 Å². The second-order valence-corrected chi connectivity index (χ2v) is 7.38. The quantitative estimate of drug-likeness (QED) is 0.649. The lowest BCUT2D eigenvalue weighted by Crippen LogP contribution is -2.19. The van der Waals surface area contributed by atoms with E-state index in [0.717, 1.165) is 41.9 Å². The number of nitrogens with one attached hydrogen (secondary N) is 2. The number of benzene rings is 1. The molecular weight excluding hydrogens is 352 g/mol. The Morgan fingerprint density at radius 3 is 2.36 bits per heavy atom. The van der Waals surface area contributed by atoms with E-state index in [1.165, 1.54) is 44.1 Å². The Morgan fingerprint density at radius 1 is 0.929 bits per heavy atom. The molecule has 1 aromatic heterocycles. The summed E-state index contributed by atoms with van der Waals surface area (Å²) in [6, 6.07) is 8.57. The molecule has 0 radical (unpaired) electrons. The maximum Gasteiger partial charge on any atom is 0.160 e. The van der Waals surface area contributed by atoms with E-state index in [1.54, 1.807) is 14.2 Å². The molecular formula is C22H32N4O2. The highest BCUT2D eigenvalue weighted by Gasteiger charge is 2.13. The maximum absolute atomic E-state index is 5.38. The minimum atomic E-state index is 0.524. The van der Waals surface area contributed by atoms with E-state index in [1.807, 2.05) is 25.1 Å². The van der Waals surface area contributed by atoms with Crippen LogP contribution in [0.15, 0.2) is 24.3 Å². The van der Waals surface area contributed by atoms with E-state index in [0.29, 0.717) is 6.04 Å². The van der Waals surface area contributed by atoms with Crippen LogP contribution in [0.5, 0.6) is 11.5 Å². The topological polar surface area (TPSA) is 68.3 Å². The van der Waals surface area contributed by atoms with Gasteiger partial charge in [0.05, 0.1) is 14.2 Å². The Balaban J connectivity index is 1.57. The van der Waals surface area contributed by atoms with E-state index in [2.05, 4.69) is 26.7 Å². The number of aromatic nitrogens is 2. The summed E-state index contributed by atoms with van der Waals surface area (Å²) in [6.07, 6.45) is 8.63. The molecule has 0 amide bonds. The van der Waals surface area contributed by atoms with Gasteiger partial charge in [0.2, 0.25) is 0 Å². The minimum Gasteiger partial charge on any atom is -0.493 e. The summed E-state index contributed by atoms with van der Waals surface area (Å²) in [5.74, 6) is 4.08. The first-order chi connectivity index (χ1) is 13.7. The Hall–Kier alpha value is -2.50. The van der Waals surface area contributed by atoms with E-state index < -0.39 is 0 Å². The molecule has 1 aliphatic carbocycles. The zero-order valence-electron chi connectivity index (χ0n) is 17.3. The Bertz CT molecular complexity index is 758. The lowest BCUT2D eigenvalue weighted by molar-refractivity contribution is 0.354. The van der Waals surface area contributed by atoms with Crippen LogP contribution in [0.4, 0.5) is 11.6 Å². The summed E-state index contributed by atoms with van der Waals surface area (Å²) < 4.78 is 10.7. The average Bonchev–Trinajstić information content (AvgIpc) is 2.96. The van der Waals surface area contributed by atoms with Gasteiger partial charge in [-0.15, -0.1) is 0 Å². The van der Waals surface area contributed by atoms with Crippen LogP contribution in [0.1, 0.15) is 49.9 Å². The third-order valence-electron chi connectivity index (χ3n) is 5.21. The highest BCUT2D eigenvalue weighted by Crippen LogP contribution is 2.27. The highest BCUT2D eigenvalue weighted by atomic mass is 16.5. The van der Waals surface area contributed by atoms with Crippen molar-refractivity contribution in [1.29, 1.82) is 0 Å². The molecule has 0 atom stereocenters. The number of anilines is 2. The second-order valence-electron chi connectivity index (χ2n) is 7.38. The molecule has 6 nitrogen and oxygen atoms in total. The van der Waals surface area contributed by atoms with Crippen molar-refractivity contribution in [1.82, 2.24) is 9.97 Å².